The standard InChI is InChI=1S/C11H15N3O/c1-11(2,3)14-10(15)9-8(13(14)4)6-5-7-12-9/h5-7H,1-4H3. The topological polar surface area (TPSA) is 39.8 Å². The average Bonchev–Trinajstić information content (AvgIpc) is 2.39. The molecule has 0 radical (unpaired) electrons. The molecule has 0 atom stereocenters. The van der Waals surface area contributed by atoms with E-state index in [0.717, 1.165) is 5.52 Å². The van der Waals surface area contributed by atoms with E-state index in [4.69, 9.17) is 0 Å². The van der Waals surface area contributed by atoms with Crippen LogP contribution in [-0.2, 0) is 12.6 Å². The fourth-order valence-electron chi connectivity index (χ4n) is 1.92. The molecule has 0 unspecified atom stereocenters. The monoisotopic (exact) mass is 205 g/mol. The quantitative estimate of drug-likeness (QED) is 0.653. The third kappa shape index (κ3) is 1.37. The first-order valence-corrected chi connectivity index (χ1v) is 4.96. The lowest BCUT2D eigenvalue weighted by Crippen LogP contribution is -2.35. The van der Waals surface area contributed by atoms with Gasteiger partial charge in [0.05, 0.1) is 11.1 Å². The first-order chi connectivity index (χ1) is 6.93. The molecule has 2 rings (SSSR count). The molecule has 2 heterocycles. The molecule has 4 heteroatoms. The fourth-order valence-corrected chi connectivity index (χ4v) is 1.92. The van der Waals surface area contributed by atoms with E-state index in [9.17, 15) is 4.79 Å². The molecule has 0 aliphatic rings. The van der Waals surface area contributed by atoms with Crippen LogP contribution < -0.4 is 5.56 Å². The van der Waals surface area contributed by atoms with Gasteiger partial charge in [-0.3, -0.25) is 9.48 Å². The van der Waals surface area contributed by atoms with E-state index >= 15 is 0 Å². The van der Waals surface area contributed by atoms with Gasteiger partial charge in [-0.2, -0.15) is 0 Å². The smallest absolute Gasteiger partial charge is 0.283 e. The number of hydrogen-bond donors (Lipinski definition) is 0. The van der Waals surface area contributed by atoms with E-state index in [-0.39, 0.29) is 11.1 Å². The minimum atomic E-state index is -0.230. The van der Waals surface area contributed by atoms with Crippen LogP contribution in [0, 0.1) is 0 Å². The van der Waals surface area contributed by atoms with Gasteiger partial charge in [0.25, 0.3) is 5.56 Å². The van der Waals surface area contributed by atoms with Crippen molar-refractivity contribution in [1.82, 2.24) is 14.3 Å². The summed E-state index contributed by atoms with van der Waals surface area (Å²) in [5.74, 6) is 0. The highest BCUT2D eigenvalue weighted by Crippen LogP contribution is 2.15. The van der Waals surface area contributed by atoms with Crippen LogP contribution in [0.1, 0.15) is 20.8 Å². The maximum absolute atomic E-state index is 12.1. The summed E-state index contributed by atoms with van der Waals surface area (Å²) in [6.45, 7) is 6.02. The summed E-state index contributed by atoms with van der Waals surface area (Å²) in [5.41, 5.74) is 1.15. The Labute approximate surface area is 88.1 Å². The minimum absolute atomic E-state index is 0.0272. The number of aromatic nitrogens is 3. The number of pyridine rings is 1. The third-order valence-corrected chi connectivity index (χ3v) is 2.47. The predicted molar refractivity (Wildman–Crippen MR) is 60.0 cm³/mol. The second-order valence-corrected chi connectivity index (χ2v) is 4.68. The van der Waals surface area contributed by atoms with Gasteiger partial charge in [0.15, 0.2) is 5.52 Å². The van der Waals surface area contributed by atoms with Crippen LogP contribution >= 0.6 is 0 Å². The number of nitrogens with zero attached hydrogens (tertiary/aromatic N) is 3. The van der Waals surface area contributed by atoms with Gasteiger partial charge in [-0.15, -0.1) is 0 Å². The SMILES string of the molecule is Cn1c2cccnc2c(=O)n1C(C)(C)C. The largest absolute Gasteiger partial charge is 0.293 e. The Kier molecular flexibility index (Phi) is 1.96. The summed E-state index contributed by atoms with van der Waals surface area (Å²) in [6.07, 6.45) is 1.65. The highest BCUT2D eigenvalue weighted by molar-refractivity contribution is 5.73. The number of fused-ring (bicyclic) bond motifs is 1. The number of aryl methyl sites for hydroxylation is 1. The lowest BCUT2D eigenvalue weighted by molar-refractivity contribution is 0.307. The molecule has 4 nitrogen and oxygen atoms in total. The zero-order chi connectivity index (χ0) is 11.2. The molecule has 0 saturated carbocycles. The van der Waals surface area contributed by atoms with Gasteiger partial charge in [-0.05, 0) is 32.9 Å². The van der Waals surface area contributed by atoms with Crippen molar-refractivity contribution in [3.8, 4) is 0 Å². The zero-order valence-corrected chi connectivity index (χ0v) is 9.48. The third-order valence-electron chi connectivity index (χ3n) is 2.47. The zero-order valence-electron chi connectivity index (χ0n) is 9.48. The lowest BCUT2D eigenvalue weighted by atomic mass is 10.1. The molecule has 2 aromatic heterocycles. The molecule has 80 valence electrons. The lowest BCUT2D eigenvalue weighted by Gasteiger charge is -2.22. The second kappa shape index (κ2) is 2.95. The Bertz CT molecular complexity index is 557. The van der Waals surface area contributed by atoms with Crippen LogP contribution in [-0.4, -0.2) is 14.3 Å². The van der Waals surface area contributed by atoms with Crippen molar-refractivity contribution in [2.75, 3.05) is 0 Å². The summed E-state index contributed by atoms with van der Waals surface area (Å²) in [7, 11) is 1.89. The van der Waals surface area contributed by atoms with Crippen molar-refractivity contribution in [2.24, 2.45) is 7.05 Å². The summed E-state index contributed by atoms with van der Waals surface area (Å²) in [6, 6.07) is 3.75. The normalized spacial score (nSPS) is 12.3. The fraction of sp³-hybridized carbons (Fsp3) is 0.455. The maximum Gasteiger partial charge on any atom is 0.293 e. The van der Waals surface area contributed by atoms with Gasteiger partial charge in [0, 0.05) is 13.2 Å². The van der Waals surface area contributed by atoms with E-state index in [2.05, 4.69) is 4.98 Å². The Morgan fingerprint density at radius 2 is 2.00 bits per heavy atom. The first-order valence-electron chi connectivity index (χ1n) is 4.96. The molecule has 0 saturated heterocycles. The van der Waals surface area contributed by atoms with Gasteiger partial charge in [0.1, 0.15) is 0 Å². The van der Waals surface area contributed by atoms with Crippen LogP contribution in [0.4, 0.5) is 0 Å². The molecule has 0 fully saturated rings. The second-order valence-electron chi connectivity index (χ2n) is 4.68. The van der Waals surface area contributed by atoms with Crippen molar-refractivity contribution >= 4 is 11.0 Å². The van der Waals surface area contributed by atoms with Crippen LogP contribution in [0.25, 0.3) is 11.0 Å². The minimum Gasteiger partial charge on any atom is -0.283 e. The highest BCUT2D eigenvalue weighted by Gasteiger charge is 2.21. The number of rotatable bonds is 0. The Balaban J connectivity index is 2.94. The molecule has 0 amide bonds. The van der Waals surface area contributed by atoms with Gasteiger partial charge in [-0.1, -0.05) is 0 Å². The molecule has 0 aliphatic heterocycles. The Hall–Kier alpha value is -1.58. The first kappa shape index (κ1) is 9.96. The van der Waals surface area contributed by atoms with Crippen molar-refractivity contribution in [2.45, 2.75) is 26.3 Å². The van der Waals surface area contributed by atoms with Crippen LogP contribution in [0.3, 0.4) is 0 Å². The van der Waals surface area contributed by atoms with Gasteiger partial charge in [0.2, 0.25) is 0 Å². The summed E-state index contributed by atoms with van der Waals surface area (Å²) in [5, 5.41) is 0. The van der Waals surface area contributed by atoms with Crippen molar-refractivity contribution in [1.29, 1.82) is 0 Å². The molecule has 0 bridgehead atoms. The highest BCUT2D eigenvalue weighted by atomic mass is 16.1. The molecule has 0 aliphatic carbocycles. The maximum atomic E-state index is 12.1. The molecular formula is C11H15N3O. The molecule has 2 aromatic rings. The van der Waals surface area contributed by atoms with Crippen LogP contribution in [0.5, 0.6) is 0 Å². The Morgan fingerprint density at radius 3 is 2.53 bits per heavy atom. The van der Waals surface area contributed by atoms with Crippen LogP contribution in [0.15, 0.2) is 23.1 Å². The van der Waals surface area contributed by atoms with Crippen molar-refractivity contribution in [3.05, 3.63) is 28.7 Å². The van der Waals surface area contributed by atoms with E-state index in [1.54, 1.807) is 10.9 Å². The molecule has 0 N–H and O–H groups in total. The summed E-state index contributed by atoms with van der Waals surface area (Å²) in [4.78, 5) is 16.2. The van der Waals surface area contributed by atoms with E-state index in [0.29, 0.717) is 5.52 Å². The molecular weight excluding hydrogens is 190 g/mol. The summed E-state index contributed by atoms with van der Waals surface area (Å²) < 4.78 is 3.59. The van der Waals surface area contributed by atoms with Gasteiger partial charge >= 0.3 is 0 Å². The summed E-state index contributed by atoms with van der Waals surface area (Å²) >= 11 is 0. The van der Waals surface area contributed by atoms with Crippen LogP contribution in [0.2, 0.25) is 0 Å². The Morgan fingerprint density at radius 1 is 1.33 bits per heavy atom. The van der Waals surface area contributed by atoms with E-state index in [1.807, 2.05) is 44.6 Å². The predicted octanol–water partition coefficient (Wildman–Crippen LogP) is 1.49. The number of hydrogen-bond acceptors (Lipinski definition) is 2. The van der Waals surface area contributed by atoms with Crippen molar-refractivity contribution in [3.63, 3.8) is 0 Å². The van der Waals surface area contributed by atoms with E-state index < -0.39 is 0 Å². The molecule has 0 aromatic carbocycles. The average molecular weight is 205 g/mol. The molecule has 15 heavy (non-hydrogen) atoms. The molecule has 0 spiro atoms. The van der Waals surface area contributed by atoms with E-state index in [1.165, 1.54) is 0 Å². The van der Waals surface area contributed by atoms with Gasteiger partial charge in [-0.25, -0.2) is 9.67 Å². The van der Waals surface area contributed by atoms with Crippen molar-refractivity contribution < 1.29 is 0 Å². The van der Waals surface area contributed by atoms with Gasteiger partial charge < -0.3 is 0 Å².